The van der Waals surface area contributed by atoms with Crippen molar-refractivity contribution < 1.29 is 19.5 Å². The molecule has 0 aliphatic heterocycles. The third-order valence-corrected chi connectivity index (χ3v) is 2.20. The van der Waals surface area contributed by atoms with Gasteiger partial charge in [-0.05, 0) is 13.0 Å². The highest BCUT2D eigenvalue weighted by Gasteiger charge is 2.21. The van der Waals surface area contributed by atoms with Crippen molar-refractivity contribution in [1.82, 2.24) is 0 Å². The van der Waals surface area contributed by atoms with Crippen LogP contribution in [0.5, 0.6) is 11.5 Å². The highest BCUT2D eigenvalue weighted by atomic mass is 16.6. The summed E-state index contributed by atoms with van der Waals surface area (Å²) >= 11 is 0. The predicted octanol–water partition coefficient (Wildman–Crippen LogP) is 1.40. The number of hydrogen-bond donors (Lipinski definition) is 1. The van der Waals surface area contributed by atoms with Gasteiger partial charge in [0, 0.05) is 10.5 Å². The Morgan fingerprint density at radius 3 is 2.76 bits per heavy atom. The van der Waals surface area contributed by atoms with Gasteiger partial charge < -0.3 is 14.6 Å². The first kappa shape index (κ1) is 13.2. The SMILES string of the molecule is CCOc1c(OC)cccc1C(O)C[N+](=O)[O-]. The fourth-order valence-corrected chi connectivity index (χ4v) is 1.49. The lowest BCUT2D eigenvalue weighted by molar-refractivity contribution is -0.491. The van der Waals surface area contributed by atoms with Crippen LogP contribution in [0.3, 0.4) is 0 Å². The topological polar surface area (TPSA) is 81.8 Å². The Morgan fingerprint density at radius 1 is 1.53 bits per heavy atom. The molecule has 0 saturated heterocycles. The van der Waals surface area contributed by atoms with E-state index in [0.717, 1.165) is 0 Å². The first-order valence-electron chi connectivity index (χ1n) is 5.19. The lowest BCUT2D eigenvalue weighted by Crippen LogP contribution is -2.13. The largest absolute Gasteiger partial charge is 0.493 e. The summed E-state index contributed by atoms with van der Waals surface area (Å²) in [5.41, 5.74) is 0.364. The number of methoxy groups -OCH3 is 1. The van der Waals surface area contributed by atoms with Crippen LogP contribution in [0.2, 0.25) is 0 Å². The minimum Gasteiger partial charge on any atom is -0.493 e. The zero-order chi connectivity index (χ0) is 12.8. The Hall–Kier alpha value is -1.82. The molecule has 0 radical (unpaired) electrons. The van der Waals surface area contributed by atoms with Crippen LogP contribution in [-0.2, 0) is 0 Å². The molecule has 1 atom stereocenters. The molecule has 0 spiro atoms. The molecule has 1 unspecified atom stereocenters. The van der Waals surface area contributed by atoms with Crippen molar-refractivity contribution >= 4 is 0 Å². The molecule has 0 aliphatic carbocycles. The molecule has 1 rings (SSSR count). The van der Waals surface area contributed by atoms with Gasteiger partial charge in [0.1, 0.15) is 6.10 Å². The summed E-state index contributed by atoms with van der Waals surface area (Å²) in [6, 6.07) is 4.91. The average Bonchev–Trinajstić information content (AvgIpc) is 2.28. The fourth-order valence-electron chi connectivity index (χ4n) is 1.49. The van der Waals surface area contributed by atoms with Crippen molar-refractivity contribution in [2.75, 3.05) is 20.3 Å². The van der Waals surface area contributed by atoms with Crippen LogP contribution in [0.15, 0.2) is 18.2 Å². The van der Waals surface area contributed by atoms with Gasteiger partial charge >= 0.3 is 0 Å². The standard InChI is InChI=1S/C11H15NO5/c1-3-17-11-8(9(13)7-12(14)15)5-4-6-10(11)16-2/h4-6,9,13H,3,7H2,1-2H3. The maximum absolute atomic E-state index is 10.4. The van der Waals surface area contributed by atoms with Gasteiger partial charge in [0.25, 0.3) is 0 Å². The molecule has 0 heterocycles. The molecule has 1 aromatic carbocycles. The van der Waals surface area contributed by atoms with Gasteiger partial charge in [0.2, 0.25) is 6.54 Å². The summed E-state index contributed by atoms with van der Waals surface area (Å²) in [5, 5.41) is 20.1. The number of benzene rings is 1. The summed E-state index contributed by atoms with van der Waals surface area (Å²) in [7, 11) is 1.47. The zero-order valence-corrected chi connectivity index (χ0v) is 9.75. The Labute approximate surface area is 98.9 Å². The quantitative estimate of drug-likeness (QED) is 0.601. The Balaban J connectivity index is 3.08. The number of aliphatic hydroxyl groups excluding tert-OH is 1. The van der Waals surface area contributed by atoms with Gasteiger partial charge in [-0.2, -0.15) is 0 Å². The van der Waals surface area contributed by atoms with Gasteiger partial charge in [-0.1, -0.05) is 12.1 Å². The molecule has 0 saturated carbocycles. The van der Waals surface area contributed by atoms with E-state index in [4.69, 9.17) is 9.47 Å². The smallest absolute Gasteiger partial charge is 0.233 e. The first-order chi connectivity index (χ1) is 8.10. The van der Waals surface area contributed by atoms with Crippen molar-refractivity contribution in [3.05, 3.63) is 33.9 Å². The highest BCUT2D eigenvalue weighted by molar-refractivity contribution is 5.47. The number of para-hydroxylation sites is 1. The Bertz CT molecular complexity index is 393. The maximum atomic E-state index is 10.4. The van der Waals surface area contributed by atoms with Crippen molar-refractivity contribution in [3.8, 4) is 11.5 Å². The van der Waals surface area contributed by atoms with Crippen LogP contribution >= 0.6 is 0 Å². The van der Waals surface area contributed by atoms with Crippen LogP contribution in [0, 0.1) is 10.1 Å². The summed E-state index contributed by atoms with van der Waals surface area (Å²) in [6.07, 6.45) is -1.21. The van der Waals surface area contributed by atoms with E-state index in [9.17, 15) is 15.2 Å². The van der Waals surface area contributed by atoms with Gasteiger partial charge in [-0.25, -0.2) is 0 Å². The van der Waals surface area contributed by atoms with Crippen molar-refractivity contribution in [3.63, 3.8) is 0 Å². The summed E-state index contributed by atoms with van der Waals surface area (Å²) in [4.78, 5) is 9.81. The number of aliphatic hydroxyl groups is 1. The molecule has 0 bridgehead atoms. The van der Waals surface area contributed by atoms with Gasteiger partial charge in [0.15, 0.2) is 11.5 Å². The predicted molar refractivity (Wildman–Crippen MR) is 61.0 cm³/mol. The van der Waals surface area contributed by atoms with Crippen LogP contribution in [0.4, 0.5) is 0 Å². The van der Waals surface area contributed by atoms with E-state index in [-0.39, 0.29) is 0 Å². The normalized spacial score (nSPS) is 11.9. The van der Waals surface area contributed by atoms with E-state index in [2.05, 4.69) is 0 Å². The molecule has 0 fully saturated rings. The second kappa shape index (κ2) is 6.05. The van der Waals surface area contributed by atoms with Gasteiger partial charge in [-0.15, -0.1) is 0 Å². The minimum atomic E-state index is -1.21. The molecule has 1 aromatic rings. The van der Waals surface area contributed by atoms with Crippen LogP contribution in [-0.4, -0.2) is 30.3 Å². The molecule has 0 amide bonds. The number of ether oxygens (including phenoxy) is 2. The van der Waals surface area contributed by atoms with E-state index in [1.165, 1.54) is 7.11 Å². The lowest BCUT2D eigenvalue weighted by Gasteiger charge is -2.15. The Morgan fingerprint density at radius 2 is 2.24 bits per heavy atom. The molecule has 0 aliphatic rings. The molecule has 6 heteroatoms. The highest BCUT2D eigenvalue weighted by Crippen LogP contribution is 2.34. The first-order valence-corrected chi connectivity index (χ1v) is 5.19. The summed E-state index contributed by atoms with van der Waals surface area (Å²) < 4.78 is 10.4. The number of nitro groups is 1. The molecule has 1 N–H and O–H groups in total. The molecule has 94 valence electrons. The lowest BCUT2D eigenvalue weighted by atomic mass is 10.1. The molecule has 17 heavy (non-hydrogen) atoms. The van der Waals surface area contributed by atoms with Gasteiger partial charge in [-0.3, -0.25) is 10.1 Å². The average molecular weight is 241 g/mol. The molecule has 6 nitrogen and oxygen atoms in total. The minimum absolute atomic E-state index is 0.354. The van der Waals surface area contributed by atoms with E-state index in [1.54, 1.807) is 25.1 Å². The zero-order valence-electron chi connectivity index (χ0n) is 9.75. The second-order valence-corrected chi connectivity index (χ2v) is 3.34. The summed E-state index contributed by atoms with van der Waals surface area (Å²) in [6.45, 7) is 1.61. The monoisotopic (exact) mass is 241 g/mol. The van der Waals surface area contributed by atoms with Gasteiger partial charge in [0.05, 0.1) is 13.7 Å². The molecular weight excluding hydrogens is 226 g/mol. The number of rotatable bonds is 6. The third-order valence-electron chi connectivity index (χ3n) is 2.20. The molecule has 0 aromatic heterocycles. The van der Waals surface area contributed by atoms with E-state index < -0.39 is 17.6 Å². The summed E-state index contributed by atoms with van der Waals surface area (Å²) in [5.74, 6) is 0.804. The second-order valence-electron chi connectivity index (χ2n) is 3.34. The van der Waals surface area contributed by atoms with Crippen molar-refractivity contribution in [2.24, 2.45) is 0 Å². The van der Waals surface area contributed by atoms with Crippen LogP contribution < -0.4 is 9.47 Å². The van der Waals surface area contributed by atoms with Crippen molar-refractivity contribution in [2.45, 2.75) is 13.0 Å². The number of hydrogen-bond acceptors (Lipinski definition) is 5. The fraction of sp³-hybridized carbons (Fsp3) is 0.455. The maximum Gasteiger partial charge on any atom is 0.233 e. The molecular formula is C11H15NO5. The Kier molecular flexibility index (Phi) is 4.71. The van der Waals surface area contributed by atoms with Crippen molar-refractivity contribution in [1.29, 1.82) is 0 Å². The van der Waals surface area contributed by atoms with E-state index >= 15 is 0 Å². The third kappa shape index (κ3) is 3.32. The van der Waals surface area contributed by atoms with E-state index in [1.807, 2.05) is 0 Å². The van der Waals surface area contributed by atoms with Crippen LogP contribution in [0.1, 0.15) is 18.6 Å². The van der Waals surface area contributed by atoms with Crippen LogP contribution in [0.25, 0.3) is 0 Å². The number of nitrogens with zero attached hydrogens (tertiary/aromatic N) is 1. The van der Waals surface area contributed by atoms with E-state index in [0.29, 0.717) is 23.7 Å².